The quantitative estimate of drug-likeness (QED) is 0.193. The van der Waals surface area contributed by atoms with E-state index in [1.165, 1.54) is 16.7 Å². The molecule has 0 fully saturated rings. The monoisotopic (exact) mass is 619 g/mol. The van der Waals surface area contributed by atoms with Crippen molar-refractivity contribution in [2.75, 3.05) is 0 Å². The molecule has 0 spiro atoms. The number of rotatable bonds is 7. The molecular formula is C44H33N3O. The smallest absolute Gasteiger partial charge is 0.149 e. The maximum atomic E-state index is 10.9. The number of hydrogen-bond acceptors (Lipinski definition) is 3. The van der Waals surface area contributed by atoms with E-state index in [9.17, 15) is 5.11 Å². The van der Waals surface area contributed by atoms with E-state index in [0.29, 0.717) is 11.4 Å². The van der Waals surface area contributed by atoms with E-state index in [-0.39, 0.29) is 11.7 Å². The first-order valence-corrected chi connectivity index (χ1v) is 16.2. The van der Waals surface area contributed by atoms with Crippen molar-refractivity contribution in [1.82, 2.24) is 14.5 Å². The van der Waals surface area contributed by atoms with Crippen LogP contribution in [0, 0.1) is 0 Å². The summed E-state index contributed by atoms with van der Waals surface area (Å²) in [5.74, 6) is 1.14. The average molecular weight is 620 g/mol. The SMILES string of the molecule is CC(c1ccccc1)c1ccccc1-c1ccnc(-c2cccc(-c3cccc4c3nc(-c3ccccc3O)n4-c3ccccc3)c2)c1. The van der Waals surface area contributed by atoms with Crippen LogP contribution < -0.4 is 0 Å². The summed E-state index contributed by atoms with van der Waals surface area (Å²) in [6, 6.07) is 55.9. The highest BCUT2D eigenvalue weighted by molar-refractivity contribution is 5.96. The Bertz CT molecular complexity index is 2380. The van der Waals surface area contributed by atoms with Gasteiger partial charge in [0, 0.05) is 28.9 Å². The molecule has 0 saturated heterocycles. The van der Waals surface area contributed by atoms with Gasteiger partial charge in [0.15, 0.2) is 0 Å². The molecule has 0 amide bonds. The minimum Gasteiger partial charge on any atom is -0.507 e. The summed E-state index contributed by atoms with van der Waals surface area (Å²) in [7, 11) is 0. The number of imidazole rings is 1. The van der Waals surface area contributed by atoms with Gasteiger partial charge in [-0.05, 0) is 76.3 Å². The van der Waals surface area contributed by atoms with Crippen molar-refractivity contribution in [2.24, 2.45) is 0 Å². The van der Waals surface area contributed by atoms with E-state index in [0.717, 1.165) is 44.7 Å². The van der Waals surface area contributed by atoms with E-state index in [1.54, 1.807) is 6.07 Å². The molecule has 4 nitrogen and oxygen atoms in total. The van der Waals surface area contributed by atoms with Gasteiger partial charge in [0.2, 0.25) is 0 Å². The lowest BCUT2D eigenvalue weighted by atomic mass is 9.87. The zero-order valence-corrected chi connectivity index (χ0v) is 26.5. The number of phenolic OH excluding ortho intramolecular Hbond substituents is 1. The molecule has 6 aromatic carbocycles. The molecule has 0 bridgehead atoms. The molecule has 1 atom stereocenters. The number of hydrogen-bond donors (Lipinski definition) is 1. The minimum atomic E-state index is 0.194. The van der Waals surface area contributed by atoms with E-state index < -0.39 is 0 Å². The third kappa shape index (κ3) is 5.33. The van der Waals surface area contributed by atoms with Crippen molar-refractivity contribution >= 4 is 11.0 Å². The average Bonchev–Trinajstić information content (AvgIpc) is 3.55. The molecule has 230 valence electrons. The lowest BCUT2D eigenvalue weighted by Gasteiger charge is -2.17. The van der Waals surface area contributed by atoms with E-state index in [2.05, 4.69) is 133 Å². The number of pyridine rings is 1. The predicted molar refractivity (Wildman–Crippen MR) is 196 cm³/mol. The van der Waals surface area contributed by atoms with Crippen molar-refractivity contribution in [1.29, 1.82) is 0 Å². The Labute approximate surface area is 280 Å². The van der Waals surface area contributed by atoms with Crippen molar-refractivity contribution in [3.8, 4) is 56.3 Å². The second kappa shape index (κ2) is 12.5. The van der Waals surface area contributed by atoms with Crippen LogP contribution in [0.15, 0.2) is 170 Å². The molecule has 1 N–H and O–H groups in total. The van der Waals surface area contributed by atoms with Crippen LogP contribution in [0.25, 0.3) is 61.6 Å². The Kier molecular flexibility index (Phi) is 7.60. The van der Waals surface area contributed by atoms with Gasteiger partial charge >= 0.3 is 0 Å². The largest absolute Gasteiger partial charge is 0.507 e. The Morgan fingerprint density at radius 2 is 1.21 bits per heavy atom. The van der Waals surface area contributed by atoms with E-state index in [1.807, 2.05) is 42.6 Å². The number of nitrogens with zero attached hydrogens (tertiary/aromatic N) is 3. The van der Waals surface area contributed by atoms with Crippen molar-refractivity contribution < 1.29 is 5.11 Å². The molecule has 0 aliphatic rings. The van der Waals surface area contributed by atoms with Gasteiger partial charge in [-0.3, -0.25) is 9.55 Å². The van der Waals surface area contributed by atoms with Crippen LogP contribution in [-0.2, 0) is 0 Å². The number of aromatic hydroxyl groups is 1. The molecule has 0 radical (unpaired) electrons. The van der Waals surface area contributed by atoms with E-state index in [4.69, 9.17) is 9.97 Å². The maximum Gasteiger partial charge on any atom is 0.149 e. The van der Waals surface area contributed by atoms with Gasteiger partial charge in [-0.25, -0.2) is 4.98 Å². The Morgan fingerprint density at radius 1 is 0.562 bits per heavy atom. The molecule has 0 saturated carbocycles. The molecule has 8 aromatic rings. The summed E-state index contributed by atoms with van der Waals surface area (Å²) in [5.41, 5.74) is 12.4. The first kappa shape index (κ1) is 29.2. The predicted octanol–water partition coefficient (Wildman–Crippen LogP) is 10.9. The number of benzene rings is 6. The number of aromatic nitrogens is 3. The van der Waals surface area contributed by atoms with Gasteiger partial charge in [-0.1, -0.05) is 122 Å². The molecule has 1 unspecified atom stereocenters. The van der Waals surface area contributed by atoms with Crippen LogP contribution in [-0.4, -0.2) is 19.6 Å². The first-order chi connectivity index (χ1) is 23.7. The van der Waals surface area contributed by atoms with Gasteiger partial charge in [0.05, 0.1) is 22.3 Å². The second-order valence-corrected chi connectivity index (χ2v) is 12.0. The fourth-order valence-electron chi connectivity index (χ4n) is 6.67. The van der Waals surface area contributed by atoms with Gasteiger partial charge in [0.25, 0.3) is 0 Å². The third-order valence-electron chi connectivity index (χ3n) is 9.11. The molecule has 8 rings (SSSR count). The van der Waals surface area contributed by atoms with Gasteiger partial charge in [0.1, 0.15) is 11.6 Å². The third-order valence-corrected chi connectivity index (χ3v) is 9.11. The second-order valence-electron chi connectivity index (χ2n) is 12.0. The van der Waals surface area contributed by atoms with Crippen LogP contribution in [0.1, 0.15) is 24.0 Å². The minimum absolute atomic E-state index is 0.194. The first-order valence-electron chi connectivity index (χ1n) is 16.2. The fraction of sp³-hybridized carbons (Fsp3) is 0.0455. The Balaban J connectivity index is 1.23. The highest BCUT2D eigenvalue weighted by Crippen LogP contribution is 2.39. The summed E-state index contributed by atoms with van der Waals surface area (Å²) in [4.78, 5) is 10.0. The Morgan fingerprint density at radius 3 is 2.02 bits per heavy atom. The lowest BCUT2D eigenvalue weighted by molar-refractivity contribution is 0.477. The molecule has 2 heterocycles. The summed E-state index contributed by atoms with van der Waals surface area (Å²) < 4.78 is 2.12. The van der Waals surface area contributed by atoms with Crippen molar-refractivity contribution in [3.63, 3.8) is 0 Å². The summed E-state index contributed by atoms with van der Waals surface area (Å²) in [6.45, 7) is 2.27. The molecule has 4 heteroatoms. The highest BCUT2D eigenvalue weighted by Gasteiger charge is 2.20. The highest BCUT2D eigenvalue weighted by atomic mass is 16.3. The van der Waals surface area contributed by atoms with Crippen molar-refractivity contribution in [2.45, 2.75) is 12.8 Å². The summed E-state index contributed by atoms with van der Waals surface area (Å²) in [5, 5.41) is 10.9. The van der Waals surface area contributed by atoms with Crippen LogP contribution in [0.4, 0.5) is 0 Å². The Hall–Kier alpha value is -6.26. The normalized spacial score (nSPS) is 11.9. The summed E-state index contributed by atoms with van der Waals surface area (Å²) in [6.07, 6.45) is 1.90. The molecule has 0 aliphatic carbocycles. The van der Waals surface area contributed by atoms with Crippen LogP contribution in [0.2, 0.25) is 0 Å². The molecule has 0 aliphatic heterocycles. The standard InChI is InChI=1S/C44H33N3O/c1-30(31-14-4-2-5-15-31)36-20-8-9-21-37(36)33-26-27-45-40(29-33)34-17-12-16-32(28-34)38-23-13-24-41-43(38)46-44(39-22-10-11-25-42(39)48)47(41)35-18-6-3-7-19-35/h2-30,48H,1H3. The molecule has 48 heavy (non-hydrogen) atoms. The van der Waals surface area contributed by atoms with Crippen LogP contribution in [0.5, 0.6) is 5.75 Å². The van der Waals surface area contributed by atoms with Crippen LogP contribution in [0.3, 0.4) is 0 Å². The zero-order valence-electron chi connectivity index (χ0n) is 26.5. The van der Waals surface area contributed by atoms with Gasteiger partial charge in [-0.15, -0.1) is 0 Å². The zero-order chi connectivity index (χ0) is 32.5. The van der Waals surface area contributed by atoms with Gasteiger partial charge in [-0.2, -0.15) is 0 Å². The molecule has 2 aromatic heterocycles. The molecular weight excluding hydrogens is 587 g/mol. The maximum absolute atomic E-state index is 10.9. The van der Waals surface area contributed by atoms with Crippen LogP contribution >= 0.6 is 0 Å². The number of phenols is 1. The number of fused-ring (bicyclic) bond motifs is 1. The van der Waals surface area contributed by atoms with E-state index >= 15 is 0 Å². The van der Waals surface area contributed by atoms with Crippen molar-refractivity contribution in [3.05, 3.63) is 181 Å². The van der Waals surface area contributed by atoms with Gasteiger partial charge < -0.3 is 5.11 Å². The topological polar surface area (TPSA) is 50.9 Å². The number of para-hydroxylation sites is 3. The summed E-state index contributed by atoms with van der Waals surface area (Å²) >= 11 is 0. The lowest BCUT2D eigenvalue weighted by Crippen LogP contribution is -1.99. The fourth-order valence-corrected chi connectivity index (χ4v) is 6.67.